The van der Waals surface area contributed by atoms with Gasteiger partial charge in [0.05, 0.1) is 0 Å². The molecule has 3 aromatic rings. The fourth-order valence-electron chi connectivity index (χ4n) is 2.70. The van der Waals surface area contributed by atoms with E-state index in [4.69, 9.17) is 9.26 Å². The lowest BCUT2D eigenvalue weighted by molar-refractivity contribution is 0.0929. The minimum Gasteiger partial charge on any atom is -0.486 e. The standard InChI is InChI=1S/C23H25N3O4/c1-4-16(3)24-23(28)21-13-19(30-26-21)14-29-18-11-9-17(10-12-18)25-22(27)20-8-6-5-7-15(20)2/h5-13,16H,4,14H2,1-3H3,(H,24,28)(H,25,27)/t16-/m1/s1. The molecule has 0 spiro atoms. The van der Waals surface area contributed by atoms with Crippen LogP contribution in [0.4, 0.5) is 5.69 Å². The first-order valence-electron chi connectivity index (χ1n) is 9.82. The van der Waals surface area contributed by atoms with Crippen LogP contribution in [0.1, 0.15) is 52.4 Å². The first-order valence-corrected chi connectivity index (χ1v) is 9.82. The maximum absolute atomic E-state index is 12.4. The topological polar surface area (TPSA) is 93.5 Å². The molecule has 1 aromatic heterocycles. The first-order chi connectivity index (χ1) is 14.5. The van der Waals surface area contributed by atoms with Crippen molar-refractivity contribution in [2.75, 3.05) is 5.32 Å². The van der Waals surface area contributed by atoms with Crippen LogP contribution in [-0.4, -0.2) is 23.0 Å². The summed E-state index contributed by atoms with van der Waals surface area (Å²) in [6.07, 6.45) is 0.834. The number of anilines is 1. The lowest BCUT2D eigenvalue weighted by Crippen LogP contribution is -2.32. The van der Waals surface area contributed by atoms with Gasteiger partial charge in [0.1, 0.15) is 12.4 Å². The van der Waals surface area contributed by atoms with Crippen molar-refractivity contribution >= 4 is 17.5 Å². The van der Waals surface area contributed by atoms with Gasteiger partial charge in [0.25, 0.3) is 11.8 Å². The summed E-state index contributed by atoms with van der Waals surface area (Å²) in [5, 5.41) is 9.49. The Morgan fingerprint density at radius 1 is 1.10 bits per heavy atom. The van der Waals surface area contributed by atoms with E-state index in [2.05, 4.69) is 15.8 Å². The molecule has 0 saturated carbocycles. The predicted octanol–water partition coefficient (Wildman–Crippen LogP) is 4.34. The Balaban J connectivity index is 1.53. The van der Waals surface area contributed by atoms with E-state index in [0.717, 1.165) is 12.0 Å². The molecule has 1 heterocycles. The highest BCUT2D eigenvalue weighted by Crippen LogP contribution is 2.19. The quantitative estimate of drug-likeness (QED) is 0.579. The summed E-state index contributed by atoms with van der Waals surface area (Å²) in [5.74, 6) is 0.617. The molecule has 156 valence electrons. The van der Waals surface area contributed by atoms with E-state index in [1.807, 2.05) is 39.0 Å². The Kier molecular flexibility index (Phi) is 6.85. The van der Waals surface area contributed by atoms with Gasteiger partial charge in [-0.15, -0.1) is 0 Å². The highest BCUT2D eigenvalue weighted by molar-refractivity contribution is 6.05. The van der Waals surface area contributed by atoms with Gasteiger partial charge < -0.3 is 19.9 Å². The average molecular weight is 407 g/mol. The third-order valence-electron chi connectivity index (χ3n) is 4.66. The fraction of sp³-hybridized carbons (Fsp3) is 0.261. The van der Waals surface area contributed by atoms with Crippen LogP contribution in [0.15, 0.2) is 59.1 Å². The Morgan fingerprint density at radius 3 is 2.53 bits per heavy atom. The highest BCUT2D eigenvalue weighted by atomic mass is 16.5. The number of aryl methyl sites for hydroxylation is 1. The predicted molar refractivity (Wildman–Crippen MR) is 114 cm³/mol. The zero-order valence-corrected chi connectivity index (χ0v) is 17.3. The lowest BCUT2D eigenvalue weighted by Gasteiger charge is -2.09. The summed E-state index contributed by atoms with van der Waals surface area (Å²) < 4.78 is 10.8. The zero-order chi connectivity index (χ0) is 21.5. The smallest absolute Gasteiger partial charge is 0.273 e. The number of rotatable bonds is 8. The molecular weight excluding hydrogens is 382 g/mol. The molecule has 30 heavy (non-hydrogen) atoms. The molecule has 3 rings (SSSR count). The van der Waals surface area contributed by atoms with Crippen molar-refractivity contribution in [1.82, 2.24) is 10.5 Å². The van der Waals surface area contributed by atoms with Crippen molar-refractivity contribution < 1.29 is 18.8 Å². The third-order valence-corrected chi connectivity index (χ3v) is 4.66. The molecule has 7 nitrogen and oxygen atoms in total. The van der Waals surface area contributed by atoms with Gasteiger partial charge in [0, 0.05) is 23.4 Å². The van der Waals surface area contributed by atoms with E-state index in [1.54, 1.807) is 36.4 Å². The van der Waals surface area contributed by atoms with Crippen molar-refractivity contribution in [3.05, 3.63) is 77.2 Å². The van der Waals surface area contributed by atoms with Crippen LogP contribution >= 0.6 is 0 Å². The summed E-state index contributed by atoms with van der Waals surface area (Å²) in [4.78, 5) is 24.4. The largest absolute Gasteiger partial charge is 0.486 e. The molecule has 1 atom stereocenters. The number of nitrogens with zero attached hydrogens (tertiary/aromatic N) is 1. The van der Waals surface area contributed by atoms with Crippen molar-refractivity contribution in [3.8, 4) is 5.75 Å². The molecule has 7 heteroatoms. The number of carbonyl (C=O) groups is 2. The summed E-state index contributed by atoms with van der Waals surface area (Å²) in [7, 11) is 0. The summed E-state index contributed by atoms with van der Waals surface area (Å²) >= 11 is 0. The molecule has 0 unspecified atom stereocenters. The van der Waals surface area contributed by atoms with E-state index in [1.165, 1.54) is 0 Å². The first kappa shape index (κ1) is 21.1. The van der Waals surface area contributed by atoms with Gasteiger partial charge in [-0.1, -0.05) is 30.3 Å². The van der Waals surface area contributed by atoms with Crippen molar-refractivity contribution in [3.63, 3.8) is 0 Å². The van der Waals surface area contributed by atoms with E-state index in [-0.39, 0.29) is 30.2 Å². The monoisotopic (exact) mass is 407 g/mol. The average Bonchev–Trinajstić information content (AvgIpc) is 3.22. The van der Waals surface area contributed by atoms with Gasteiger partial charge in [-0.25, -0.2) is 0 Å². The number of amides is 2. The lowest BCUT2D eigenvalue weighted by atomic mass is 10.1. The summed E-state index contributed by atoms with van der Waals surface area (Å²) in [6, 6.07) is 16.1. The molecule has 0 aliphatic rings. The molecule has 0 aliphatic carbocycles. The maximum atomic E-state index is 12.4. The van der Waals surface area contributed by atoms with Gasteiger partial charge in [-0.05, 0) is 56.2 Å². The van der Waals surface area contributed by atoms with Gasteiger partial charge >= 0.3 is 0 Å². The second-order valence-electron chi connectivity index (χ2n) is 7.04. The van der Waals surface area contributed by atoms with E-state index >= 15 is 0 Å². The maximum Gasteiger partial charge on any atom is 0.273 e. The van der Waals surface area contributed by atoms with Crippen molar-refractivity contribution in [1.29, 1.82) is 0 Å². The van der Waals surface area contributed by atoms with Gasteiger partial charge in [-0.2, -0.15) is 0 Å². The third kappa shape index (κ3) is 5.47. The van der Waals surface area contributed by atoms with Crippen molar-refractivity contribution in [2.45, 2.75) is 39.8 Å². The Bertz CT molecular complexity index is 1010. The molecule has 0 saturated heterocycles. The number of aromatic nitrogens is 1. The SMILES string of the molecule is CC[C@@H](C)NC(=O)c1cc(COc2ccc(NC(=O)c3ccccc3C)cc2)on1. The van der Waals surface area contributed by atoms with E-state index < -0.39 is 0 Å². The summed E-state index contributed by atoms with van der Waals surface area (Å²) in [6.45, 7) is 5.95. The number of carbonyl (C=O) groups excluding carboxylic acids is 2. The van der Waals surface area contributed by atoms with Crippen LogP contribution in [0, 0.1) is 6.92 Å². The second-order valence-corrected chi connectivity index (χ2v) is 7.04. The molecular formula is C23H25N3O4. The Labute approximate surface area is 175 Å². The van der Waals surface area contributed by atoms with Crippen LogP contribution in [0.5, 0.6) is 5.75 Å². The molecule has 2 N–H and O–H groups in total. The number of hydrogen-bond donors (Lipinski definition) is 2. The van der Waals surface area contributed by atoms with Crippen LogP contribution in [0.2, 0.25) is 0 Å². The molecule has 0 aliphatic heterocycles. The highest BCUT2D eigenvalue weighted by Gasteiger charge is 2.14. The number of ether oxygens (including phenoxy) is 1. The second kappa shape index (κ2) is 9.73. The van der Waals surface area contributed by atoms with Crippen molar-refractivity contribution in [2.24, 2.45) is 0 Å². The van der Waals surface area contributed by atoms with Gasteiger partial charge in [-0.3, -0.25) is 9.59 Å². The van der Waals surface area contributed by atoms with E-state index in [9.17, 15) is 9.59 Å². The molecule has 0 radical (unpaired) electrons. The molecule has 0 bridgehead atoms. The number of hydrogen-bond acceptors (Lipinski definition) is 5. The van der Waals surface area contributed by atoms with Gasteiger partial charge in [0.15, 0.2) is 11.5 Å². The van der Waals surface area contributed by atoms with Crippen LogP contribution in [-0.2, 0) is 6.61 Å². The fourth-order valence-corrected chi connectivity index (χ4v) is 2.70. The Hall–Kier alpha value is -3.61. The van der Waals surface area contributed by atoms with E-state index in [0.29, 0.717) is 22.8 Å². The van der Waals surface area contributed by atoms with Gasteiger partial charge in [0.2, 0.25) is 0 Å². The van der Waals surface area contributed by atoms with Crippen LogP contribution < -0.4 is 15.4 Å². The molecule has 2 amide bonds. The molecule has 0 fully saturated rings. The summed E-state index contributed by atoms with van der Waals surface area (Å²) in [5.41, 5.74) is 2.44. The van der Waals surface area contributed by atoms with Crippen LogP contribution in [0.3, 0.4) is 0 Å². The minimum absolute atomic E-state index is 0.0683. The minimum atomic E-state index is -0.270. The number of nitrogens with one attached hydrogen (secondary N) is 2. The Morgan fingerprint density at radius 2 is 1.83 bits per heavy atom. The van der Waals surface area contributed by atoms with Crippen LogP contribution in [0.25, 0.3) is 0 Å². The molecule has 2 aromatic carbocycles. The normalized spacial score (nSPS) is 11.6. The number of benzene rings is 2. The zero-order valence-electron chi connectivity index (χ0n) is 17.3.